The summed E-state index contributed by atoms with van der Waals surface area (Å²) in [5, 5.41) is 6.54. The fourth-order valence-corrected chi connectivity index (χ4v) is 4.83. The first kappa shape index (κ1) is 26.3. The number of sulfonamides is 1. The number of carbonyl (C=O) groups excluding carboxylic acids is 2. The van der Waals surface area contributed by atoms with Crippen LogP contribution in [0, 0.1) is 0 Å². The van der Waals surface area contributed by atoms with E-state index < -0.39 is 22.5 Å². The van der Waals surface area contributed by atoms with Gasteiger partial charge >= 0.3 is 0 Å². The monoisotopic (exact) mass is 556 g/mol. The van der Waals surface area contributed by atoms with Gasteiger partial charge in [0.05, 0.1) is 17.7 Å². The van der Waals surface area contributed by atoms with E-state index in [-0.39, 0.29) is 17.3 Å². The van der Waals surface area contributed by atoms with Crippen molar-refractivity contribution < 1.29 is 18.0 Å². The van der Waals surface area contributed by atoms with Crippen LogP contribution in [0.4, 0.5) is 5.69 Å². The number of benzene rings is 3. The summed E-state index contributed by atoms with van der Waals surface area (Å²) in [4.78, 5) is 23.8. The topological polar surface area (TPSA) is 108 Å². The van der Waals surface area contributed by atoms with Crippen LogP contribution >= 0.6 is 15.9 Å². The van der Waals surface area contributed by atoms with E-state index in [4.69, 9.17) is 0 Å². The van der Waals surface area contributed by atoms with Crippen LogP contribution in [-0.4, -0.2) is 43.8 Å². The van der Waals surface area contributed by atoms with E-state index in [1.54, 1.807) is 0 Å². The molecular formula is C25H25BrN4O4S. The highest BCUT2D eigenvalue weighted by molar-refractivity contribution is 9.10. The number of amides is 2. The number of hydrogen-bond acceptors (Lipinski definition) is 5. The molecule has 0 atom stereocenters. The quantitative estimate of drug-likeness (QED) is 0.292. The molecular weight excluding hydrogens is 532 g/mol. The number of nitrogens with zero attached hydrogens (tertiary/aromatic N) is 2. The van der Waals surface area contributed by atoms with Crippen molar-refractivity contribution in [3.8, 4) is 0 Å². The molecule has 8 nitrogen and oxygen atoms in total. The molecule has 0 spiro atoms. The predicted octanol–water partition coefficient (Wildman–Crippen LogP) is 3.79. The molecule has 3 aromatic rings. The molecule has 0 fully saturated rings. The Morgan fingerprint density at radius 1 is 0.971 bits per heavy atom. The first-order valence-corrected chi connectivity index (χ1v) is 13.0. The Morgan fingerprint density at radius 3 is 2.26 bits per heavy atom. The third-order valence-electron chi connectivity index (χ3n) is 4.90. The summed E-state index contributed by atoms with van der Waals surface area (Å²) in [7, 11) is -3.99. The highest BCUT2D eigenvalue weighted by Gasteiger charge is 2.26. The second-order valence-electron chi connectivity index (χ2n) is 7.62. The smallest absolute Gasteiger partial charge is 0.255 e. The van der Waals surface area contributed by atoms with Crippen LogP contribution in [0.5, 0.6) is 0 Å². The van der Waals surface area contributed by atoms with Crippen molar-refractivity contribution in [2.24, 2.45) is 5.10 Å². The molecule has 0 bridgehead atoms. The van der Waals surface area contributed by atoms with Gasteiger partial charge in [-0.1, -0.05) is 58.4 Å². The van der Waals surface area contributed by atoms with Gasteiger partial charge in [0.15, 0.2) is 0 Å². The number of nitrogens with one attached hydrogen (secondary N) is 2. The first-order chi connectivity index (χ1) is 16.7. The van der Waals surface area contributed by atoms with Gasteiger partial charge in [0.1, 0.15) is 0 Å². The number of halogens is 1. The zero-order chi connectivity index (χ0) is 25.3. The number of rotatable bonds is 10. The molecule has 3 aromatic carbocycles. The minimum absolute atomic E-state index is 0.0193. The lowest BCUT2D eigenvalue weighted by atomic mass is 10.1. The van der Waals surface area contributed by atoms with Crippen LogP contribution < -0.4 is 10.7 Å². The molecule has 2 N–H and O–H groups in total. The fraction of sp³-hybridized carbons (Fsp3) is 0.160. The fourth-order valence-electron chi connectivity index (χ4n) is 3.17. The molecule has 0 aliphatic carbocycles. The first-order valence-electron chi connectivity index (χ1n) is 10.7. The highest BCUT2D eigenvalue weighted by atomic mass is 79.9. The molecule has 0 radical (unpaired) electrons. The van der Waals surface area contributed by atoms with Gasteiger partial charge in [-0.25, -0.2) is 13.8 Å². The van der Waals surface area contributed by atoms with E-state index in [1.165, 1.54) is 37.4 Å². The molecule has 0 saturated carbocycles. The Morgan fingerprint density at radius 2 is 1.63 bits per heavy atom. The maximum absolute atomic E-state index is 13.4. The third-order valence-corrected chi connectivity index (χ3v) is 7.29. The van der Waals surface area contributed by atoms with Gasteiger partial charge in [-0.3, -0.25) is 9.59 Å². The van der Waals surface area contributed by atoms with Crippen molar-refractivity contribution in [3.05, 3.63) is 94.5 Å². The number of carbonyl (C=O) groups is 2. The predicted molar refractivity (Wildman–Crippen MR) is 140 cm³/mol. The molecule has 2 amide bonds. The second-order valence-corrected chi connectivity index (χ2v) is 10.5. The van der Waals surface area contributed by atoms with Crippen molar-refractivity contribution in [2.45, 2.75) is 18.2 Å². The van der Waals surface area contributed by atoms with E-state index in [0.717, 1.165) is 19.9 Å². The van der Waals surface area contributed by atoms with Crippen molar-refractivity contribution in [3.63, 3.8) is 0 Å². The lowest BCUT2D eigenvalue weighted by Crippen LogP contribution is -2.40. The summed E-state index contributed by atoms with van der Waals surface area (Å²) in [6.45, 7) is 1.07. The molecule has 0 aliphatic heterocycles. The normalized spacial score (nSPS) is 11.5. The van der Waals surface area contributed by atoms with Gasteiger partial charge in [0.2, 0.25) is 15.9 Å². The van der Waals surface area contributed by atoms with Crippen molar-refractivity contribution >= 4 is 49.7 Å². The molecule has 3 rings (SSSR count). The summed E-state index contributed by atoms with van der Waals surface area (Å²) in [6.07, 6.45) is 1.91. The molecule has 0 aromatic heterocycles. The van der Waals surface area contributed by atoms with Gasteiger partial charge in [0, 0.05) is 23.6 Å². The maximum atomic E-state index is 13.4. The molecule has 0 saturated heterocycles. The zero-order valence-electron chi connectivity index (χ0n) is 19.0. The third kappa shape index (κ3) is 8.13. The molecule has 10 heteroatoms. The zero-order valence-corrected chi connectivity index (χ0v) is 21.4. The highest BCUT2D eigenvalue weighted by Crippen LogP contribution is 2.19. The average molecular weight is 557 g/mol. The Balaban J connectivity index is 1.74. The van der Waals surface area contributed by atoms with Crippen LogP contribution in [0.1, 0.15) is 18.1 Å². The minimum atomic E-state index is -3.99. The van der Waals surface area contributed by atoms with Crippen molar-refractivity contribution in [1.82, 2.24) is 9.73 Å². The van der Waals surface area contributed by atoms with Gasteiger partial charge in [-0.15, -0.1) is 0 Å². The minimum Gasteiger partial charge on any atom is -0.326 e. The molecule has 182 valence electrons. The largest absolute Gasteiger partial charge is 0.326 e. The maximum Gasteiger partial charge on any atom is 0.255 e. The van der Waals surface area contributed by atoms with Gasteiger partial charge in [-0.05, 0) is 53.9 Å². The number of hydrogen-bond donors (Lipinski definition) is 2. The van der Waals surface area contributed by atoms with Crippen LogP contribution in [-0.2, 0) is 26.0 Å². The summed E-state index contributed by atoms with van der Waals surface area (Å²) < 4.78 is 28.8. The Kier molecular flexibility index (Phi) is 9.30. The summed E-state index contributed by atoms with van der Waals surface area (Å²) >= 11 is 3.35. The van der Waals surface area contributed by atoms with E-state index >= 15 is 0 Å². The summed E-state index contributed by atoms with van der Waals surface area (Å²) in [5.41, 5.74) is 4.60. The number of anilines is 1. The Bertz CT molecular complexity index is 1280. The van der Waals surface area contributed by atoms with Crippen LogP contribution in [0.25, 0.3) is 0 Å². The van der Waals surface area contributed by atoms with Gasteiger partial charge in [0.25, 0.3) is 5.91 Å². The van der Waals surface area contributed by atoms with Gasteiger partial charge < -0.3 is 5.32 Å². The molecule has 35 heavy (non-hydrogen) atoms. The van der Waals surface area contributed by atoms with E-state index in [2.05, 4.69) is 31.8 Å². The van der Waals surface area contributed by atoms with Crippen LogP contribution in [0.2, 0.25) is 0 Å². The van der Waals surface area contributed by atoms with E-state index in [0.29, 0.717) is 12.1 Å². The van der Waals surface area contributed by atoms with Crippen LogP contribution in [0.3, 0.4) is 0 Å². The average Bonchev–Trinajstić information content (AvgIpc) is 2.83. The van der Waals surface area contributed by atoms with Crippen molar-refractivity contribution in [2.75, 3.05) is 18.4 Å². The van der Waals surface area contributed by atoms with Crippen molar-refractivity contribution in [1.29, 1.82) is 0 Å². The van der Waals surface area contributed by atoms with Gasteiger partial charge in [-0.2, -0.15) is 9.41 Å². The molecule has 0 heterocycles. The van der Waals surface area contributed by atoms with E-state index in [9.17, 15) is 18.0 Å². The lowest BCUT2D eigenvalue weighted by Gasteiger charge is -2.21. The lowest BCUT2D eigenvalue weighted by molar-refractivity contribution is -0.121. The molecule has 0 unspecified atom stereocenters. The Labute approximate surface area is 213 Å². The standard InChI is InChI=1S/C25H25BrN4O4S/c1-19(31)28-23-11-13-24(14-12-23)35(33,34)30(16-15-20-5-3-2-4-6-20)18-25(32)29-27-17-21-7-9-22(26)10-8-21/h2-14,17H,15-16,18H2,1H3,(H,28,31)(H,29,32)/b27-17+. The Hall–Kier alpha value is -3.34. The van der Waals surface area contributed by atoms with E-state index in [1.807, 2.05) is 54.6 Å². The summed E-state index contributed by atoms with van der Waals surface area (Å²) in [6, 6.07) is 22.6. The SMILES string of the molecule is CC(=O)Nc1ccc(S(=O)(=O)N(CCc2ccccc2)CC(=O)N/N=C/c2ccc(Br)cc2)cc1. The molecule has 0 aliphatic rings. The number of hydrazone groups is 1. The summed E-state index contributed by atoms with van der Waals surface area (Å²) in [5.74, 6) is -0.824. The van der Waals surface area contributed by atoms with Crippen LogP contribution in [0.15, 0.2) is 93.3 Å². The second kappa shape index (κ2) is 12.4.